The number of nitrogens with zero attached hydrogens (tertiary/aromatic N) is 2. The smallest absolute Gasteiger partial charge is 0.0312 e. The molecule has 2 unspecified atom stereocenters. The molecule has 1 N–H and O–H groups in total. The fourth-order valence-corrected chi connectivity index (χ4v) is 3.39. The third kappa shape index (κ3) is 4.57. The Morgan fingerprint density at radius 3 is 2.75 bits per heavy atom. The van der Waals surface area contributed by atoms with Gasteiger partial charge in [-0.2, -0.15) is 0 Å². The van der Waals surface area contributed by atoms with Crippen LogP contribution in [0.4, 0.5) is 0 Å². The van der Waals surface area contributed by atoms with Gasteiger partial charge < -0.3 is 5.32 Å². The molecule has 1 aliphatic rings. The number of hydrogen-bond donors (Lipinski definition) is 1. The number of rotatable bonds is 5. The van der Waals surface area contributed by atoms with Crippen LogP contribution in [0.25, 0.3) is 0 Å². The third-order valence-electron chi connectivity index (χ3n) is 4.42. The minimum absolute atomic E-state index is 0.641. The summed E-state index contributed by atoms with van der Waals surface area (Å²) in [6.45, 7) is 4.29. The summed E-state index contributed by atoms with van der Waals surface area (Å²) in [5, 5.41) is 3.71. The van der Waals surface area contributed by atoms with Crippen LogP contribution in [-0.4, -0.2) is 35.6 Å². The van der Waals surface area contributed by atoms with Crippen molar-refractivity contribution in [3.05, 3.63) is 30.1 Å². The van der Waals surface area contributed by atoms with Gasteiger partial charge in [0, 0.05) is 31.0 Å². The zero-order valence-electron chi connectivity index (χ0n) is 13.0. The molecule has 0 saturated heterocycles. The minimum atomic E-state index is 0.641. The largest absolute Gasteiger partial charge is 0.313 e. The summed E-state index contributed by atoms with van der Waals surface area (Å²) in [7, 11) is 2.27. The molecule has 0 spiro atoms. The van der Waals surface area contributed by atoms with Gasteiger partial charge in [0.2, 0.25) is 0 Å². The average Bonchev–Trinajstić information content (AvgIpc) is 2.43. The van der Waals surface area contributed by atoms with Gasteiger partial charge in [0.1, 0.15) is 0 Å². The van der Waals surface area contributed by atoms with Crippen molar-refractivity contribution in [1.82, 2.24) is 15.2 Å². The SMILES string of the molecule is CCNC1CCCCCCC1N(C)Cc1cccnc1. The highest BCUT2D eigenvalue weighted by Crippen LogP contribution is 2.22. The fourth-order valence-electron chi connectivity index (χ4n) is 3.39. The lowest BCUT2D eigenvalue weighted by molar-refractivity contribution is 0.157. The van der Waals surface area contributed by atoms with Crippen molar-refractivity contribution in [2.24, 2.45) is 0 Å². The van der Waals surface area contributed by atoms with E-state index in [0.29, 0.717) is 12.1 Å². The second-order valence-corrected chi connectivity index (χ2v) is 6.00. The predicted octanol–water partition coefficient (Wildman–Crippen LogP) is 3.21. The summed E-state index contributed by atoms with van der Waals surface area (Å²) < 4.78 is 0. The topological polar surface area (TPSA) is 28.2 Å². The van der Waals surface area contributed by atoms with Gasteiger partial charge in [0.25, 0.3) is 0 Å². The van der Waals surface area contributed by atoms with E-state index in [1.165, 1.54) is 44.1 Å². The molecule has 1 saturated carbocycles. The molecule has 1 aliphatic carbocycles. The minimum Gasteiger partial charge on any atom is -0.313 e. The average molecular weight is 275 g/mol. The Kier molecular flexibility index (Phi) is 6.48. The number of hydrogen-bond acceptors (Lipinski definition) is 3. The molecular weight excluding hydrogens is 246 g/mol. The first-order valence-corrected chi connectivity index (χ1v) is 8.13. The van der Waals surface area contributed by atoms with E-state index in [9.17, 15) is 0 Å². The maximum absolute atomic E-state index is 4.23. The second-order valence-electron chi connectivity index (χ2n) is 6.00. The van der Waals surface area contributed by atoms with Crippen LogP contribution < -0.4 is 5.32 Å². The Morgan fingerprint density at radius 2 is 2.05 bits per heavy atom. The lowest BCUT2D eigenvalue weighted by Crippen LogP contribution is -2.48. The fraction of sp³-hybridized carbons (Fsp3) is 0.706. The van der Waals surface area contributed by atoms with Crippen LogP contribution in [-0.2, 0) is 6.54 Å². The summed E-state index contributed by atoms with van der Waals surface area (Å²) in [4.78, 5) is 6.75. The highest BCUT2D eigenvalue weighted by Gasteiger charge is 2.25. The second kappa shape index (κ2) is 8.38. The number of pyridine rings is 1. The van der Waals surface area contributed by atoms with Gasteiger partial charge in [-0.1, -0.05) is 38.7 Å². The lowest BCUT2D eigenvalue weighted by Gasteiger charge is -2.36. The maximum atomic E-state index is 4.23. The monoisotopic (exact) mass is 275 g/mol. The van der Waals surface area contributed by atoms with Crippen molar-refractivity contribution in [2.45, 2.75) is 64.1 Å². The molecular formula is C17H29N3. The summed E-state index contributed by atoms with van der Waals surface area (Å²) in [5.74, 6) is 0. The summed E-state index contributed by atoms with van der Waals surface area (Å²) in [6.07, 6.45) is 12.0. The van der Waals surface area contributed by atoms with Crippen LogP contribution >= 0.6 is 0 Å². The number of likely N-dealkylation sites (N-methyl/N-ethyl adjacent to an activating group) is 2. The van der Waals surface area contributed by atoms with Crippen molar-refractivity contribution in [2.75, 3.05) is 13.6 Å². The van der Waals surface area contributed by atoms with Gasteiger partial charge in [0.05, 0.1) is 0 Å². The molecule has 112 valence electrons. The van der Waals surface area contributed by atoms with Crippen LogP contribution in [0.15, 0.2) is 24.5 Å². The Hall–Kier alpha value is -0.930. The van der Waals surface area contributed by atoms with E-state index in [4.69, 9.17) is 0 Å². The first kappa shape index (κ1) is 15.5. The van der Waals surface area contributed by atoms with Crippen LogP contribution in [0.1, 0.15) is 51.0 Å². The van der Waals surface area contributed by atoms with Crippen LogP contribution in [0.2, 0.25) is 0 Å². The molecule has 1 aromatic heterocycles. The highest BCUT2D eigenvalue weighted by molar-refractivity contribution is 5.08. The highest BCUT2D eigenvalue weighted by atomic mass is 15.2. The molecule has 0 aromatic carbocycles. The molecule has 1 aromatic rings. The Labute approximate surface area is 123 Å². The first-order chi connectivity index (χ1) is 9.81. The van der Waals surface area contributed by atoms with Crippen LogP contribution in [0.3, 0.4) is 0 Å². The molecule has 1 fully saturated rings. The molecule has 3 nitrogen and oxygen atoms in total. The molecule has 2 rings (SSSR count). The zero-order chi connectivity index (χ0) is 14.2. The third-order valence-corrected chi connectivity index (χ3v) is 4.42. The molecule has 20 heavy (non-hydrogen) atoms. The van der Waals surface area contributed by atoms with E-state index in [0.717, 1.165) is 13.1 Å². The Morgan fingerprint density at radius 1 is 1.25 bits per heavy atom. The quantitative estimate of drug-likeness (QED) is 0.894. The van der Waals surface area contributed by atoms with Gasteiger partial charge in [-0.25, -0.2) is 0 Å². The summed E-state index contributed by atoms with van der Waals surface area (Å²) in [5.41, 5.74) is 1.31. The van der Waals surface area contributed by atoms with Crippen molar-refractivity contribution in [3.63, 3.8) is 0 Å². The van der Waals surface area contributed by atoms with Gasteiger partial charge in [-0.05, 0) is 38.1 Å². The van der Waals surface area contributed by atoms with Crippen molar-refractivity contribution >= 4 is 0 Å². The predicted molar refractivity (Wildman–Crippen MR) is 84.7 cm³/mol. The standard InChI is InChI=1S/C17H29N3/c1-3-19-16-10-6-4-5-7-11-17(16)20(2)14-15-9-8-12-18-13-15/h8-9,12-13,16-17,19H,3-7,10-11,14H2,1-2H3. The van der Waals surface area contributed by atoms with E-state index in [-0.39, 0.29) is 0 Å². The van der Waals surface area contributed by atoms with Crippen molar-refractivity contribution in [3.8, 4) is 0 Å². The molecule has 0 radical (unpaired) electrons. The number of nitrogens with one attached hydrogen (secondary N) is 1. The summed E-state index contributed by atoms with van der Waals surface area (Å²) >= 11 is 0. The number of aromatic nitrogens is 1. The summed E-state index contributed by atoms with van der Waals surface area (Å²) in [6, 6.07) is 5.50. The maximum Gasteiger partial charge on any atom is 0.0312 e. The van der Waals surface area contributed by atoms with Gasteiger partial charge in [0.15, 0.2) is 0 Å². The lowest BCUT2D eigenvalue weighted by atomic mass is 9.91. The van der Waals surface area contributed by atoms with Gasteiger partial charge in [-0.3, -0.25) is 9.88 Å². The molecule has 1 heterocycles. The normalized spacial score (nSPS) is 24.4. The Bertz CT molecular complexity index is 366. The Balaban J connectivity index is 2.00. The van der Waals surface area contributed by atoms with Crippen molar-refractivity contribution < 1.29 is 0 Å². The molecule has 2 atom stereocenters. The zero-order valence-corrected chi connectivity index (χ0v) is 13.0. The van der Waals surface area contributed by atoms with Gasteiger partial charge >= 0.3 is 0 Å². The van der Waals surface area contributed by atoms with E-state index in [1.54, 1.807) is 0 Å². The molecule has 0 amide bonds. The molecule has 3 heteroatoms. The van der Waals surface area contributed by atoms with E-state index < -0.39 is 0 Å². The molecule has 0 bridgehead atoms. The van der Waals surface area contributed by atoms with Crippen LogP contribution in [0.5, 0.6) is 0 Å². The van der Waals surface area contributed by atoms with Gasteiger partial charge in [-0.15, -0.1) is 0 Å². The van der Waals surface area contributed by atoms with E-state index in [2.05, 4.69) is 35.2 Å². The molecule has 0 aliphatic heterocycles. The van der Waals surface area contributed by atoms with Crippen LogP contribution in [0, 0.1) is 0 Å². The van der Waals surface area contributed by atoms with Crippen molar-refractivity contribution in [1.29, 1.82) is 0 Å². The van der Waals surface area contributed by atoms with E-state index >= 15 is 0 Å². The van der Waals surface area contributed by atoms with E-state index in [1.807, 2.05) is 18.5 Å². The first-order valence-electron chi connectivity index (χ1n) is 8.13.